The van der Waals surface area contributed by atoms with E-state index in [-0.39, 0.29) is 13.0 Å². The summed E-state index contributed by atoms with van der Waals surface area (Å²) in [5.41, 5.74) is -0.675. The lowest BCUT2D eigenvalue weighted by molar-refractivity contribution is -0.151. The van der Waals surface area contributed by atoms with Gasteiger partial charge in [0.15, 0.2) is 0 Å². The van der Waals surface area contributed by atoms with Gasteiger partial charge >= 0.3 is 12.1 Å². The van der Waals surface area contributed by atoms with E-state index in [1.54, 1.807) is 20.8 Å². The first-order chi connectivity index (χ1) is 10.0. The summed E-state index contributed by atoms with van der Waals surface area (Å²) in [6.07, 6.45) is -1.39. The quantitative estimate of drug-likeness (QED) is 0.712. The molecule has 1 rings (SSSR count). The van der Waals surface area contributed by atoms with Crippen LogP contribution in [0.15, 0.2) is 0 Å². The molecule has 1 fully saturated rings. The van der Waals surface area contributed by atoms with Crippen LogP contribution in [0.25, 0.3) is 0 Å². The van der Waals surface area contributed by atoms with Crippen molar-refractivity contribution in [2.45, 2.75) is 57.9 Å². The number of amides is 2. The molecule has 0 aliphatic carbocycles. The van der Waals surface area contributed by atoms with E-state index in [1.807, 2.05) is 0 Å². The van der Waals surface area contributed by atoms with Crippen LogP contribution in [0.2, 0.25) is 0 Å². The van der Waals surface area contributed by atoms with Gasteiger partial charge < -0.3 is 24.8 Å². The van der Waals surface area contributed by atoms with Gasteiger partial charge in [-0.05, 0) is 27.7 Å². The van der Waals surface area contributed by atoms with Crippen LogP contribution < -0.4 is 5.32 Å². The number of likely N-dealkylation sites (tertiary alicyclic amines) is 1. The molecule has 0 aromatic heterocycles. The minimum atomic E-state index is -0.882. The number of aliphatic hydroxyl groups excluding tert-OH is 1. The summed E-state index contributed by atoms with van der Waals surface area (Å²) in [5.74, 6) is -1.06. The van der Waals surface area contributed by atoms with Crippen molar-refractivity contribution in [3.63, 3.8) is 0 Å². The maximum Gasteiger partial charge on any atom is 0.408 e. The standard InChI is InChI=1S/C14H24N2O6/c1-8(15-13(20)22-14(2,3)4)11(18)16-7-9(17)6-10(16)12(19)21-5/h8-10,17H,6-7H2,1-5H3,(H,15,20)/t8-,9+,10-/m0/s1. The molecule has 0 radical (unpaired) electrons. The summed E-state index contributed by atoms with van der Waals surface area (Å²) < 4.78 is 9.71. The zero-order valence-corrected chi connectivity index (χ0v) is 13.6. The molecular weight excluding hydrogens is 292 g/mol. The summed E-state index contributed by atoms with van der Waals surface area (Å²) in [6.45, 7) is 6.65. The molecule has 1 aliphatic rings. The monoisotopic (exact) mass is 316 g/mol. The van der Waals surface area contributed by atoms with Crippen LogP contribution in [0, 0.1) is 0 Å². The third-order valence-corrected chi connectivity index (χ3v) is 3.14. The Labute approximate surface area is 129 Å². The van der Waals surface area contributed by atoms with Crippen molar-refractivity contribution < 1.29 is 29.0 Å². The van der Waals surface area contributed by atoms with E-state index < -0.39 is 41.8 Å². The van der Waals surface area contributed by atoms with Crippen LogP contribution in [-0.4, -0.2) is 65.4 Å². The van der Waals surface area contributed by atoms with Gasteiger partial charge in [-0.2, -0.15) is 0 Å². The van der Waals surface area contributed by atoms with Crippen molar-refractivity contribution >= 4 is 18.0 Å². The molecule has 0 saturated carbocycles. The minimum Gasteiger partial charge on any atom is -0.467 e. The Morgan fingerprint density at radius 1 is 1.32 bits per heavy atom. The highest BCUT2D eigenvalue weighted by Gasteiger charge is 2.41. The predicted molar refractivity (Wildman–Crippen MR) is 77.0 cm³/mol. The number of carbonyl (C=O) groups excluding carboxylic acids is 3. The molecule has 126 valence electrons. The highest BCUT2D eigenvalue weighted by atomic mass is 16.6. The van der Waals surface area contributed by atoms with Gasteiger partial charge in [-0.1, -0.05) is 0 Å². The molecule has 0 spiro atoms. The molecule has 3 atom stereocenters. The first-order valence-corrected chi connectivity index (χ1v) is 7.11. The van der Waals surface area contributed by atoms with Crippen molar-refractivity contribution in [1.82, 2.24) is 10.2 Å². The number of carbonyl (C=O) groups is 3. The van der Waals surface area contributed by atoms with Crippen molar-refractivity contribution in [3.8, 4) is 0 Å². The van der Waals surface area contributed by atoms with Gasteiger partial charge in [0, 0.05) is 13.0 Å². The summed E-state index contributed by atoms with van der Waals surface area (Å²) >= 11 is 0. The predicted octanol–water partition coefficient (Wildman–Crippen LogP) is 0.0344. The van der Waals surface area contributed by atoms with Crippen LogP contribution in [0.3, 0.4) is 0 Å². The normalized spacial score (nSPS) is 22.9. The second-order valence-corrected chi connectivity index (χ2v) is 6.29. The van der Waals surface area contributed by atoms with Crippen molar-refractivity contribution in [1.29, 1.82) is 0 Å². The number of nitrogens with one attached hydrogen (secondary N) is 1. The van der Waals surface area contributed by atoms with Crippen molar-refractivity contribution in [2.24, 2.45) is 0 Å². The van der Waals surface area contributed by atoms with Crippen LogP contribution in [0.1, 0.15) is 34.1 Å². The van der Waals surface area contributed by atoms with E-state index >= 15 is 0 Å². The fourth-order valence-electron chi connectivity index (χ4n) is 2.21. The summed E-state index contributed by atoms with van der Waals surface area (Å²) in [7, 11) is 1.22. The lowest BCUT2D eigenvalue weighted by Crippen LogP contribution is -2.51. The second-order valence-electron chi connectivity index (χ2n) is 6.29. The van der Waals surface area contributed by atoms with Gasteiger partial charge in [0.25, 0.3) is 0 Å². The van der Waals surface area contributed by atoms with E-state index in [0.717, 1.165) is 0 Å². The lowest BCUT2D eigenvalue weighted by atomic mass is 10.2. The third kappa shape index (κ3) is 4.87. The van der Waals surface area contributed by atoms with E-state index in [0.29, 0.717) is 0 Å². The third-order valence-electron chi connectivity index (χ3n) is 3.14. The Hall–Kier alpha value is -1.83. The first-order valence-electron chi connectivity index (χ1n) is 7.11. The highest BCUT2D eigenvalue weighted by molar-refractivity contribution is 5.90. The highest BCUT2D eigenvalue weighted by Crippen LogP contribution is 2.20. The molecule has 2 amide bonds. The molecule has 1 aliphatic heterocycles. The van der Waals surface area contributed by atoms with Gasteiger partial charge in [-0.15, -0.1) is 0 Å². The maximum atomic E-state index is 12.4. The largest absolute Gasteiger partial charge is 0.467 e. The van der Waals surface area contributed by atoms with E-state index in [1.165, 1.54) is 18.9 Å². The number of aliphatic hydroxyl groups is 1. The number of nitrogens with zero attached hydrogens (tertiary/aromatic N) is 1. The fourth-order valence-corrected chi connectivity index (χ4v) is 2.21. The SMILES string of the molecule is COC(=O)[C@@H]1C[C@@H](O)CN1C(=O)[C@H](C)NC(=O)OC(C)(C)C. The van der Waals surface area contributed by atoms with Gasteiger partial charge in [0.2, 0.25) is 5.91 Å². The Kier molecular flexibility index (Phi) is 5.76. The van der Waals surface area contributed by atoms with Crippen molar-refractivity contribution in [3.05, 3.63) is 0 Å². The van der Waals surface area contributed by atoms with Crippen LogP contribution in [0.4, 0.5) is 4.79 Å². The molecule has 8 heteroatoms. The Bertz CT molecular complexity index is 445. The fraction of sp³-hybridized carbons (Fsp3) is 0.786. The molecule has 8 nitrogen and oxygen atoms in total. The van der Waals surface area contributed by atoms with E-state index in [4.69, 9.17) is 4.74 Å². The smallest absolute Gasteiger partial charge is 0.408 e. The molecule has 0 aromatic carbocycles. The van der Waals surface area contributed by atoms with Gasteiger partial charge in [-0.3, -0.25) is 4.79 Å². The van der Waals surface area contributed by atoms with Gasteiger partial charge in [0.1, 0.15) is 17.7 Å². The molecule has 1 heterocycles. The molecule has 0 unspecified atom stereocenters. The zero-order valence-electron chi connectivity index (χ0n) is 13.6. The molecule has 2 N–H and O–H groups in total. The molecule has 0 bridgehead atoms. The van der Waals surface area contributed by atoms with Crippen LogP contribution >= 0.6 is 0 Å². The average Bonchev–Trinajstić information content (AvgIpc) is 2.76. The summed E-state index contributed by atoms with van der Waals surface area (Å²) in [5, 5.41) is 12.1. The number of alkyl carbamates (subject to hydrolysis) is 1. The maximum absolute atomic E-state index is 12.4. The topological polar surface area (TPSA) is 105 Å². The Balaban J connectivity index is 2.69. The summed E-state index contributed by atoms with van der Waals surface area (Å²) in [4.78, 5) is 36.9. The number of methoxy groups -OCH3 is 1. The molecular formula is C14H24N2O6. The Morgan fingerprint density at radius 3 is 2.41 bits per heavy atom. The summed E-state index contributed by atoms with van der Waals surface area (Å²) in [6, 6.07) is -1.72. The average molecular weight is 316 g/mol. The molecule has 22 heavy (non-hydrogen) atoms. The van der Waals surface area contributed by atoms with Crippen molar-refractivity contribution in [2.75, 3.05) is 13.7 Å². The van der Waals surface area contributed by atoms with Gasteiger partial charge in [0.05, 0.1) is 13.2 Å². The van der Waals surface area contributed by atoms with Crippen LogP contribution in [0.5, 0.6) is 0 Å². The lowest BCUT2D eigenvalue weighted by Gasteiger charge is -2.27. The van der Waals surface area contributed by atoms with E-state index in [2.05, 4.69) is 10.1 Å². The number of ether oxygens (including phenoxy) is 2. The first kappa shape index (κ1) is 18.2. The number of hydrogen-bond donors (Lipinski definition) is 2. The second kappa shape index (κ2) is 6.95. The number of hydrogen-bond acceptors (Lipinski definition) is 6. The number of rotatable bonds is 3. The van der Waals surface area contributed by atoms with Gasteiger partial charge in [-0.25, -0.2) is 9.59 Å². The Morgan fingerprint density at radius 2 is 1.91 bits per heavy atom. The zero-order chi connectivity index (χ0) is 17.1. The number of β-amino-alcohol motifs (C(OH)–C–C–N with tert-alkyl or cyclic N) is 1. The van der Waals surface area contributed by atoms with Crippen LogP contribution in [-0.2, 0) is 19.1 Å². The minimum absolute atomic E-state index is 0.0267. The van der Waals surface area contributed by atoms with E-state index in [9.17, 15) is 19.5 Å². The molecule has 1 saturated heterocycles. The molecule has 0 aromatic rings. The number of esters is 1.